The number of amides is 1. The fourth-order valence-electron chi connectivity index (χ4n) is 7.46. The molecular weight excluding hydrogens is 755 g/mol. The molecule has 0 heterocycles. The highest BCUT2D eigenvalue weighted by Gasteiger charge is 2.18. The predicted molar refractivity (Wildman–Crippen MR) is 264 cm³/mol. The zero-order valence-electron chi connectivity index (χ0n) is 40.1. The van der Waals surface area contributed by atoms with E-state index in [2.05, 4.69) is 67.8 Å². The number of aliphatic hydroxyl groups is 2. The smallest absolute Gasteiger partial charge is 0.305 e. The van der Waals surface area contributed by atoms with Crippen molar-refractivity contribution in [1.29, 1.82) is 0 Å². The van der Waals surface area contributed by atoms with Gasteiger partial charge in [-0.3, -0.25) is 9.59 Å². The Kier molecular flexibility index (Phi) is 48.2. The second-order valence-corrected chi connectivity index (χ2v) is 17.5. The van der Waals surface area contributed by atoms with E-state index in [0.29, 0.717) is 19.4 Å². The first-order valence-corrected chi connectivity index (χ1v) is 26.1. The molecule has 0 aliphatic carbocycles. The minimum Gasteiger partial charge on any atom is -0.466 e. The van der Waals surface area contributed by atoms with Crippen LogP contribution in [0, 0.1) is 0 Å². The van der Waals surface area contributed by atoms with Gasteiger partial charge in [0.25, 0.3) is 0 Å². The molecule has 0 aromatic heterocycles. The molecule has 61 heavy (non-hydrogen) atoms. The Bertz CT molecular complexity index is 1080. The summed E-state index contributed by atoms with van der Waals surface area (Å²) >= 11 is 0. The topological polar surface area (TPSA) is 95.9 Å². The first-order valence-electron chi connectivity index (χ1n) is 26.1. The Morgan fingerprint density at radius 2 is 0.852 bits per heavy atom. The Balaban J connectivity index is 3.56. The number of carbonyl (C=O) groups excluding carboxylic acids is 2. The van der Waals surface area contributed by atoms with E-state index in [1.807, 2.05) is 6.08 Å². The van der Waals surface area contributed by atoms with Crippen LogP contribution in [0.15, 0.2) is 60.8 Å². The Morgan fingerprint density at radius 3 is 1.31 bits per heavy atom. The van der Waals surface area contributed by atoms with Crippen LogP contribution in [0.4, 0.5) is 0 Å². The number of ether oxygens (including phenoxy) is 1. The summed E-state index contributed by atoms with van der Waals surface area (Å²) in [5.74, 6) is -0.119. The number of esters is 1. The van der Waals surface area contributed by atoms with Crippen LogP contribution >= 0.6 is 0 Å². The summed E-state index contributed by atoms with van der Waals surface area (Å²) in [5, 5.41) is 23.0. The molecule has 0 saturated carbocycles. The van der Waals surface area contributed by atoms with Crippen molar-refractivity contribution in [2.24, 2.45) is 0 Å². The van der Waals surface area contributed by atoms with Crippen LogP contribution in [0.5, 0.6) is 0 Å². The molecule has 6 nitrogen and oxygen atoms in total. The average molecular weight is 854 g/mol. The van der Waals surface area contributed by atoms with E-state index in [0.717, 1.165) is 96.3 Å². The molecule has 0 aromatic carbocycles. The van der Waals surface area contributed by atoms with Gasteiger partial charge in [0.15, 0.2) is 0 Å². The van der Waals surface area contributed by atoms with E-state index in [1.165, 1.54) is 128 Å². The molecule has 1 amide bonds. The quantitative estimate of drug-likeness (QED) is 0.0322. The van der Waals surface area contributed by atoms with Gasteiger partial charge in [-0.2, -0.15) is 0 Å². The summed E-state index contributed by atoms with van der Waals surface area (Å²) in [5.41, 5.74) is 0. The normalized spacial score (nSPS) is 13.2. The number of rotatable bonds is 47. The van der Waals surface area contributed by atoms with Crippen LogP contribution in [0.2, 0.25) is 0 Å². The molecule has 0 rings (SSSR count). The first kappa shape index (κ1) is 58.6. The van der Waals surface area contributed by atoms with Crippen LogP contribution in [0.1, 0.15) is 251 Å². The minimum absolute atomic E-state index is 0.0330. The van der Waals surface area contributed by atoms with Crippen molar-refractivity contribution in [3.05, 3.63) is 60.8 Å². The van der Waals surface area contributed by atoms with Crippen LogP contribution in [0.3, 0.4) is 0 Å². The lowest BCUT2D eigenvalue weighted by Gasteiger charge is -2.20. The van der Waals surface area contributed by atoms with Crippen molar-refractivity contribution in [3.63, 3.8) is 0 Å². The van der Waals surface area contributed by atoms with Crippen LogP contribution in [-0.4, -0.2) is 47.4 Å². The predicted octanol–water partition coefficient (Wildman–Crippen LogP) is 15.6. The lowest BCUT2D eigenvalue weighted by Crippen LogP contribution is -2.45. The van der Waals surface area contributed by atoms with E-state index >= 15 is 0 Å². The van der Waals surface area contributed by atoms with E-state index in [-0.39, 0.29) is 18.5 Å². The van der Waals surface area contributed by atoms with Gasteiger partial charge in [-0.25, -0.2) is 0 Å². The summed E-state index contributed by atoms with van der Waals surface area (Å²) in [6.45, 7) is 4.77. The number of allylic oxidation sites excluding steroid dienone is 9. The molecular formula is C55H99NO5. The van der Waals surface area contributed by atoms with Gasteiger partial charge in [0, 0.05) is 12.8 Å². The van der Waals surface area contributed by atoms with Gasteiger partial charge < -0.3 is 20.3 Å². The summed E-state index contributed by atoms with van der Waals surface area (Å²) in [4.78, 5) is 24.4. The zero-order chi connectivity index (χ0) is 44.4. The lowest BCUT2D eigenvalue weighted by atomic mass is 10.0. The molecule has 0 aliphatic heterocycles. The third-order valence-corrected chi connectivity index (χ3v) is 11.5. The third kappa shape index (κ3) is 46.9. The van der Waals surface area contributed by atoms with Gasteiger partial charge in [-0.1, -0.05) is 203 Å². The fourth-order valence-corrected chi connectivity index (χ4v) is 7.46. The fraction of sp³-hybridized carbons (Fsp3) is 0.782. The molecule has 2 atom stereocenters. The Hall–Kier alpha value is -2.44. The highest BCUT2D eigenvalue weighted by atomic mass is 16.5. The van der Waals surface area contributed by atoms with Gasteiger partial charge in [0.2, 0.25) is 5.91 Å². The maximum atomic E-state index is 12.4. The van der Waals surface area contributed by atoms with Crippen molar-refractivity contribution in [2.75, 3.05) is 13.2 Å². The maximum Gasteiger partial charge on any atom is 0.305 e. The highest BCUT2D eigenvalue weighted by molar-refractivity contribution is 5.76. The van der Waals surface area contributed by atoms with Crippen molar-refractivity contribution >= 4 is 11.9 Å². The second-order valence-electron chi connectivity index (χ2n) is 17.5. The molecule has 2 unspecified atom stereocenters. The Morgan fingerprint density at radius 1 is 0.459 bits per heavy atom. The standard InChI is InChI=1S/C55H99NO5/c1-3-5-7-9-11-13-15-17-24-27-31-35-39-43-47-53(58)52(51-57)56-54(59)48-44-40-36-32-28-25-21-19-18-20-22-26-30-34-38-42-46-50-61-55(60)49-45-41-37-33-29-23-16-14-12-10-8-6-4-2/h8,10,14,16,18,20,26,30,43,47,52-53,57-58H,3-7,9,11-13,15,17,19,21-25,27-29,31-42,44-46,48-51H2,1-2H3,(H,56,59)/b10-8-,16-14-,20-18-,30-26-,47-43+. The summed E-state index contributed by atoms with van der Waals surface area (Å²) in [6, 6.07) is -0.641. The largest absolute Gasteiger partial charge is 0.466 e. The molecule has 0 fully saturated rings. The molecule has 3 N–H and O–H groups in total. The number of nitrogens with one attached hydrogen (secondary N) is 1. The molecule has 6 heteroatoms. The second kappa shape index (κ2) is 50.2. The van der Waals surface area contributed by atoms with E-state index in [4.69, 9.17) is 4.74 Å². The highest BCUT2D eigenvalue weighted by Crippen LogP contribution is 2.14. The first-order chi connectivity index (χ1) is 30.0. The number of hydrogen-bond donors (Lipinski definition) is 3. The Labute approximate surface area is 378 Å². The van der Waals surface area contributed by atoms with Crippen molar-refractivity contribution < 1.29 is 24.5 Å². The monoisotopic (exact) mass is 854 g/mol. The molecule has 0 spiro atoms. The summed E-state index contributed by atoms with van der Waals surface area (Å²) in [7, 11) is 0. The van der Waals surface area contributed by atoms with Crippen LogP contribution in [0.25, 0.3) is 0 Å². The number of unbranched alkanes of at least 4 members (excludes halogenated alkanes) is 28. The lowest BCUT2D eigenvalue weighted by molar-refractivity contribution is -0.143. The van der Waals surface area contributed by atoms with Crippen LogP contribution < -0.4 is 5.32 Å². The average Bonchev–Trinajstić information content (AvgIpc) is 3.26. The van der Waals surface area contributed by atoms with Gasteiger partial charge in [0.1, 0.15) is 0 Å². The number of carbonyl (C=O) groups is 2. The van der Waals surface area contributed by atoms with Crippen molar-refractivity contribution in [1.82, 2.24) is 5.32 Å². The molecule has 354 valence electrons. The van der Waals surface area contributed by atoms with Gasteiger partial charge in [-0.05, 0) is 96.3 Å². The van der Waals surface area contributed by atoms with Gasteiger partial charge >= 0.3 is 5.97 Å². The van der Waals surface area contributed by atoms with E-state index in [9.17, 15) is 19.8 Å². The van der Waals surface area contributed by atoms with Gasteiger partial charge in [-0.15, -0.1) is 0 Å². The van der Waals surface area contributed by atoms with Crippen LogP contribution in [-0.2, 0) is 14.3 Å². The number of aliphatic hydroxyl groups excluding tert-OH is 2. The third-order valence-electron chi connectivity index (χ3n) is 11.5. The maximum absolute atomic E-state index is 12.4. The SMILES string of the molecule is CCC/C=C\C/C=C\CCCCCCCC(=O)OCCCCC/C=C\C/C=C\CCCCCCCCCC(=O)NC(CO)C(O)/C=C/CCCCCCCCCCCCCC. The molecule has 0 bridgehead atoms. The number of hydrogen-bond acceptors (Lipinski definition) is 5. The molecule has 0 aliphatic rings. The van der Waals surface area contributed by atoms with E-state index in [1.54, 1.807) is 6.08 Å². The van der Waals surface area contributed by atoms with Crippen molar-refractivity contribution in [3.8, 4) is 0 Å². The molecule has 0 aromatic rings. The molecule has 0 saturated heterocycles. The molecule has 0 radical (unpaired) electrons. The minimum atomic E-state index is -0.856. The summed E-state index contributed by atoms with van der Waals surface area (Å²) in [6.07, 6.45) is 63.6. The van der Waals surface area contributed by atoms with Gasteiger partial charge in [0.05, 0.1) is 25.4 Å². The summed E-state index contributed by atoms with van der Waals surface area (Å²) < 4.78 is 5.43. The van der Waals surface area contributed by atoms with E-state index < -0.39 is 12.1 Å². The van der Waals surface area contributed by atoms with Crippen molar-refractivity contribution in [2.45, 2.75) is 264 Å². The zero-order valence-corrected chi connectivity index (χ0v) is 40.1.